The van der Waals surface area contributed by atoms with Gasteiger partial charge in [-0.1, -0.05) is 18.2 Å². The molecule has 0 bridgehead atoms. The fourth-order valence-electron chi connectivity index (χ4n) is 2.96. The molecule has 1 atom stereocenters. The van der Waals surface area contributed by atoms with Gasteiger partial charge in [0.25, 0.3) is 5.91 Å². The Bertz CT molecular complexity index is 698. The number of amides is 1. The van der Waals surface area contributed by atoms with Crippen LogP contribution in [0.1, 0.15) is 28.5 Å². The lowest BCUT2D eigenvalue weighted by Crippen LogP contribution is -2.52. The van der Waals surface area contributed by atoms with Gasteiger partial charge in [0.15, 0.2) is 0 Å². The first-order valence-electron chi connectivity index (χ1n) is 7.72. The molecule has 1 aromatic carbocycles. The van der Waals surface area contributed by atoms with Gasteiger partial charge >= 0.3 is 0 Å². The van der Waals surface area contributed by atoms with Crippen LogP contribution in [0.25, 0.3) is 5.69 Å². The molecule has 5 nitrogen and oxygen atoms in total. The third-order valence-corrected chi connectivity index (χ3v) is 4.35. The van der Waals surface area contributed by atoms with Crippen LogP contribution in [-0.4, -0.2) is 46.3 Å². The molecule has 0 aliphatic carbocycles. The molecule has 124 valence electrons. The van der Waals surface area contributed by atoms with E-state index in [1.165, 1.54) is 0 Å². The number of hydrogen-bond acceptors (Lipinski definition) is 3. The Morgan fingerprint density at radius 2 is 2.04 bits per heavy atom. The maximum Gasteiger partial charge on any atom is 0.257 e. The summed E-state index contributed by atoms with van der Waals surface area (Å²) < 4.78 is 1.86. The Morgan fingerprint density at radius 3 is 2.74 bits per heavy atom. The number of carbonyl (C=O) groups excluding carboxylic acids is 1. The number of rotatable bonds is 2. The molecule has 6 heteroatoms. The Labute approximate surface area is 143 Å². The van der Waals surface area contributed by atoms with E-state index in [1.54, 1.807) is 6.20 Å². The molecule has 1 saturated heterocycles. The van der Waals surface area contributed by atoms with Crippen molar-refractivity contribution in [1.82, 2.24) is 20.0 Å². The molecule has 1 aliphatic heterocycles. The second-order valence-corrected chi connectivity index (χ2v) is 5.89. The third-order valence-electron chi connectivity index (χ3n) is 4.35. The molecular formula is C17H23ClN4O. The molecule has 1 aromatic heterocycles. The average molecular weight is 335 g/mol. The maximum atomic E-state index is 12.8. The lowest BCUT2D eigenvalue weighted by molar-refractivity contribution is 0.0655. The van der Waals surface area contributed by atoms with Crippen molar-refractivity contribution in [1.29, 1.82) is 0 Å². The summed E-state index contributed by atoms with van der Waals surface area (Å²) in [6.45, 7) is 8.52. The molecule has 1 aliphatic rings. The number of nitrogens with zero attached hydrogens (tertiary/aromatic N) is 3. The van der Waals surface area contributed by atoms with Gasteiger partial charge in [-0.25, -0.2) is 4.68 Å². The van der Waals surface area contributed by atoms with Gasteiger partial charge in [-0.15, -0.1) is 12.4 Å². The minimum Gasteiger partial charge on any atom is -0.333 e. The molecular weight excluding hydrogens is 312 g/mol. The Hall–Kier alpha value is -1.85. The van der Waals surface area contributed by atoms with E-state index in [2.05, 4.69) is 30.3 Å². The van der Waals surface area contributed by atoms with Crippen molar-refractivity contribution in [2.24, 2.45) is 0 Å². The summed E-state index contributed by atoms with van der Waals surface area (Å²) in [7, 11) is 0. The lowest BCUT2D eigenvalue weighted by atomic mass is 10.1. The normalized spacial score (nSPS) is 17.7. The predicted octanol–water partition coefficient (Wildman–Crippen LogP) is 2.34. The summed E-state index contributed by atoms with van der Waals surface area (Å²) in [6, 6.07) is 8.28. The fourth-order valence-corrected chi connectivity index (χ4v) is 2.96. The van der Waals surface area contributed by atoms with Gasteiger partial charge in [-0.05, 0) is 32.4 Å². The molecule has 3 rings (SSSR count). The summed E-state index contributed by atoms with van der Waals surface area (Å²) >= 11 is 0. The number of hydrogen-bond donors (Lipinski definition) is 1. The van der Waals surface area contributed by atoms with E-state index >= 15 is 0 Å². The Kier molecular flexibility index (Phi) is 5.44. The van der Waals surface area contributed by atoms with Crippen molar-refractivity contribution in [3.63, 3.8) is 0 Å². The minimum absolute atomic E-state index is 0. The molecule has 0 spiro atoms. The van der Waals surface area contributed by atoms with Crippen LogP contribution >= 0.6 is 12.4 Å². The van der Waals surface area contributed by atoms with Crippen LogP contribution in [0.3, 0.4) is 0 Å². The number of aryl methyl sites for hydroxylation is 1. The third kappa shape index (κ3) is 3.26. The molecule has 1 fully saturated rings. The molecule has 2 heterocycles. The van der Waals surface area contributed by atoms with Crippen LogP contribution < -0.4 is 5.32 Å². The highest BCUT2D eigenvalue weighted by atomic mass is 35.5. The topological polar surface area (TPSA) is 50.2 Å². The minimum atomic E-state index is 0. The zero-order valence-corrected chi connectivity index (χ0v) is 14.6. The zero-order chi connectivity index (χ0) is 15.7. The first-order valence-corrected chi connectivity index (χ1v) is 7.72. The van der Waals surface area contributed by atoms with Crippen molar-refractivity contribution in [2.75, 3.05) is 19.6 Å². The average Bonchev–Trinajstić information content (AvgIpc) is 2.89. The number of nitrogens with one attached hydrogen (secondary N) is 1. The number of halogens is 1. The summed E-state index contributed by atoms with van der Waals surface area (Å²) in [4.78, 5) is 14.7. The lowest BCUT2D eigenvalue weighted by Gasteiger charge is -2.33. The standard InChI is InChI=1S/C17H22N4O.ClH/c1-12-6-4-5-7-16(12)21-14(3)15(11-19-21)17(22)20-9-8-18-10-13(20)2;/h4-7,11,13,18H,8-10H2,1-3H3;1H/t13-;/m0./s1. The van der Waals surface area contributed by atoms with E-state index in [-0.39, 0.29) is 24.4 Å². The largest absolute Gasteiger partial charge is 0.333 e. The molecule has 0 saturated carbocycles. The van der Waals surface area contributed by atoms with Gasteiger partial charge < -0.3 is 10.2 Å². The first-order chi connectivity index (χ1) is 10.6. The first kappa shape index (κ1) is 17.5. The van der Waals surface area contributed by atoms with E-state index in [0.717, 1.165) is 36.6 Å². The van der Waals surface area contributed by atoms with Gasteiger partial charge in [-0.2, -0.15) is 5.10 Å². The van der Waals surface area contributed by atoms with Gasteiger partial charge in [-0.3, -0.25) is 4.79 Å². The van der Waals surface area contributed by atoms with E-state index < -0.39 is 0 Å². The fraction of sp³-hybridized carbons (Fsp3) is 0.412. The summed E-state index contributed by atoms with van der Waals surface area (Å²) in [5, 5.41) is 7.75. The van der Waals surface area contributed by atoms with Crippen LogP contribution in [0.4, 0.5) is 0 Å². The number of aromatic nitrogens is 2. The van der Waals surface area contributed by atoms with Crippen LogP contribution in [0, 0.1) is 13.8 Å². The predicted molar refractivity (Wildman–Crippen MR) is 93.7 cm³/mol. The van der Waals surface area contributed by atoms with Crippen molar-refractivity contribution >= 4 is 18.3 Å². The summed E-state index contributed by atoms with van der Waals surface area (Å²) in [5.41, 5.74) is 3.75. The Balaban J connectivity index is 0.00000192. The number of piperazine rings is 1. The number of carbonyl (C=O) groups is 1. The highest BCUT2D eigenvalue weighted by molar-refractivity contribution is 5.95. The SMILES string of the molecule is Cc1ccccc1-n1ncc(C(=O)N2CCNC[C@@H]2C)c1C.Cl. The van der Waals surface area contributed by atoms with Crippen molar-refractivity contribution in [3.05, 3.63) is 47.3 Å². The van der Waals surface area contributed by atoms with Crippen molar-refractivity contribution in [3.8, 4) is 5.69 Å². The van der Waals surface area contributed by atoms with Gasteiger partial charge in [0.1, 0.15) is 0 Å². The molecule has 1 amide bonds. The number of para-hydroxylation sites is 1. The Morgan fingerprint density at radius 1 is 1.30 bits per heavy atom. The monoisotopic (exact) mass is 334 g/mol. The second-order valence-electron chi connectivity index (χ2n) is 5.89. The van der Waals surface area contributed by atoms with E-state index in [9.17, 15) is 4.79 Å². The number of benzene rings is 1. The molecule has 2 aromatic rings. The van der Waals surface area contributed by atoms with E-state index in [0.29, 0.717) is 5.56 Å². The second kappa shape index (κ2) is 7.15. The van der Waals surface area contributed by atoms with Crippen LogP contribution in [0.5, 0.6) is 0 Å². The molecule has 0 radical (unpaired) electrons. The quantitative estimate of drug-likeness (QED) is 0.917. The van der Waals surface area contributed by atoms with Crippen LogP contribution in [-0.2, 0) is 0 Å². The van der Waals surface area contributed by atoms with Gasteiger partial charge in [0.05, 0.1) is 23.1 Å². The molecule has 0 unspecified atom stereocenters. The van der Waals surface area contributed by atoms with Crippen molar-refractivity contribution in [2.45, 2.75) is 26.8 Å². The van der Waals surface area contributed by atoms with Crippen LogP contribution in [0.2, 0.25) is 0 Å². The smallest absolute Gasteiger partial charge is 0.257 e. The van der Waals surface area contributed by atoms with Gasteiger partial charge in [0.2, 0.25) is 0 Å². The van der Waals surface area contributed by atoms with Crippen molar-refractivity contribution < 1.29 is 4.79 Å². The summed E-state index contributed by atoms with van der Waals surface area (Å²) in [5.74, 6) is 0.0753. The summed E-state index contributed by atoms with van der Waals surface area (Å²) in [6.07, 6.45) is 1.69. The van der Waals surface area contributed by atoms with E-state index in [4.69, 9.17) is 0 Å². The van der Waals surface area contributed by atoms with Gasteiger partial charge in [0, 0.05) is 25.7 Å². The van der Waals surface area contributed by atoms with Crippen LogP contribution in [0.15, 0.2) is 30.5 Å². The molecule has 1 N–H and O–H groups in total. The highest BCUT2D eigenvalue weighted by Gasteiger charge is 2.26. The maximum absolute atomic E-state index is 12.8. The molecule has 23 heavy (non-hydrogen) atoms. The zero-order valence-electron chi connectivity index (χ0n) is 13.7. The van der Waals surface area contributed by atoms with E-state index in [1.807, 2.05) is 34.7 Å². The highest BCUT2D eigenvalue weighted by Crippen LogP contribution is 2.19.